The molecule has 29 heavy (non-hydrogen) atoms. The van der Waals surface area contributed by atoms with Gasteiger partial charge < -0.3 is 10.6 Å². The largest absolute Gasteiger partial charge is 0.356 e. The molecule has 1 unspecified atom stereocenters. The van der Waals surface area contributed by atoms with Crippen LogP contribution in [-0.4, -0.2) is 49.1 Å². The van der Waals surface area contributed by atoms with Crippen molar-refractivity contribution in [2.75, 3.05) is 33.2 Å². The number of pyridine rings is 1. The fourth-order valence-corrected chi connectivity index (χ4v) is 4.48. The highest BCUT2D eigenvalue weighted by Gasteiger charge is 2.25. The Balaban J connectivity index is 0.00000300. The average Bonchev–Trinajstić information content (AvgIpc) is 3.24. The number of hydrogen-bond acceptors (Lipinski definition) is 4. The fourth-order valence-electron chi connectivity index (χ4n) is 3.62. The second-order valence-corrected chi connectivity index (χ2v) is 8.67. The molecule has 1 aliphatic heterocycles. The van der Waals surface area contributed by atoms with E-state index >= 15 is 0 Å². The fraction of sp³-hybridized carbons (Fsp3) is 0.545. The number of aryl methyl sites for hydroxylation is 1. The number of nitrogens with one attached hydrogen (secondary N) is 2. The van der Waals surface area contributed by atoms with Crippen LogP contribution in [-0.2, 0) is 6.42 Å². The average molecular weight is 528 g/mol. The molecule has 0 saturated carbocycles. The Bertz CT molecular complexity index is 724. The minimum absolute atomic E-state index is 0. The van der Waals surface area contributed by atoms with Crippen LogP contribution in [0, 0.1) is 12.8 Å². The van der Waals surface area contributed by atoms with Gasteiger partial charge in [0.2, 0.25) is 0 Å². The third-order valence-corrected chi connectivity index (χ3v) is 6.47. The Kier molecular flexibility index (Phi) is 10.4. The number of likely N-dealkylation sites (tertiary alicyclic amines) is 1. The van der Waals surface area contributed by atoms with Gasteiger partial charge >= 0.3 is 0 Å². The minimum atomic E-state index is 0. The summed E-state index contributed by atoms with van der Waals surface area (Å²) in [6.07, 6.45) is 5.47. The molecule has 3 heterocycles. The monoisotopic (exact) mass is 527 g/mol. The standard InChI is InChI=1S/C22H33N5S.HI/c1-17-9-12-27(13-10-17)20(21-5-4-14-28-21)16-26-22(23-3)24-11-8-19-7-6-18(2)25-15-19;/h4-7,14-15,17,20H,8-13,16H2,1-3H3,(H2,23,24,26);1H. The van der Waals surface area contributed by atoms with E-state index in [1.807, 2.05) is 31.5 Å². The van der Waals surface area contributed by atoms with Crippen molar-refractivity contribution in [3.8, 4) is 0 Å². The van der Waals surface area contributed by atoms with Crippen molar-refractivity contribution in [2.45, 2.75) is 39.2 Å². The van der Waals surface area contributed by atoms with E-state index in [1.165, 1.54) is 36.4 Å². The predicted octanol–water partition coefficient (Wildman–Crippen LogP) is 4.25. The first kappa shape index (κ1) is 24.1. The highest BCUT2D eigenvalue weighted by molar-refractivity contribution is 14.0. The molecule has 5 nitrogen and oxygen atoms in total. The highest BCUT2D eigenvalue weighted by atomic mass is 127. The molecule has 2 aromatic rings. The van der Waals surface area contributed by atoms with Crippen molar-refractivity contribution < 1.29 is 0 Å². The number of aromatic nitrogens is 1. The summed E-state index contributed by atoms with van der Waals surface area (Å²) >= 11 is 1.85. The number of rotatable bonds is 7. The molecule has 0 aliphatic carbocycles. The normalized spacial score (nSPS) is 16.9. The van der Waals surface area contributed by atoms with Crippen LogP contribution in [0.2, 0.25) is 0 Å². The van der Waals surface area contributed by atoms with Gasteiger partial charge in [-0.2, -0.15) is 0 Å². The van der Waals surface area contributed by atoms with E-state index in [4.69, 9.17) is 0 Å². The molecule has 1 fully saturated rings. The van der Waals surface area contributed by atoms with Gasteiger partial charge in [0, 0.05) is 36.9 Å². The maximum absolute atomic E-state index is 4.41. The molecular weight excluding hydrogens is 493 g/mol. The second kappa shape index (κ2) is 12.5. The van der Waals surface area contributed by atoms with E-state index in [0.717, 1.165) is 37.1 Å². The van der Waals surface area contributed by atoms with Crippen LogP contribution in [0.3, 0.4) is 0 Å². The number of hydrogen-bond donors (Lipinski definition) is 2. The molecule has 1 aliphatic rings. The predicted molar refractivity (Wildman–Crippen MR) is 134 cm³/mol. The molecule has 2 aromatic heterocycles. The summed E-state index contributed by atoms with van der Waals surface area (Å²) in [7, 11) is 1.84. The maximum atomic E-state index is 4.41. The topological polar surface area (TPSA) is 52.6 Å². The van der Waals surface area contributed by atoms with Crippen molar-refractivity contribution in [1.29, 1.82) is 0 Å². The van der Waals surface area contributed by atoms with Gasteiger partial charge in [0.25, 0.3) is 0 Å². The Morgan fingerprint density at radius 1 is 1.28 bits per heavy atom. The number of piperidine rings is 1. The Hall–Kier alpha value is -1.19. The summed E-state index contributed by atoms with van der Waals surface area (Å²) in [6, 6.07) is 9.03. The summed E-state index contributed by atoms with van der Waals surface area (Å²) < 4.78 is 0. The van der Waals surface area contributed by atoms with Crippen LogP contribution >= 0.6 is 35.3 Å². The van der Waals surface area contributed by atoms with Crippen LogP contribution in [0.4, 0.5) is 0 Å². The van der Waals surface area contributed by atoms with Crippen molar-refractivity contribution in [3.05, 3.63) is 52.0 Å². The molecule has 1 saturated heterocycles. The lowest BCUT2D eigenvalue weighted by Crippen LogP contribution is -2.45. The molecule has 1 atom stereocenters. The van der Waals surface area contributed by atoms with Crippen LogP contribution in [0.25, 0.3) is 0 Å². The summed E-state index contributed by atoms with van der Waals surface area (Å²) in [5.74, 6) is 1.71. The SMILES string of the molecule is CN=C(NCCc1ccc(C)nc1)NCC(c1cccs1)N1CCC(C)CC1.I. The molecule has 3 rings (SSSR count). The van der Waals surface area contributed by atoms with Crippen molar-refractivity contribution >= 4 is 41.3 Å². The minimum Gasteiger partial charge on any atom is -0.356 e. The maximum Gasteiger partial charge on any atom is 0.191 e. The second-order valence-electron chi connectivity index (χ2n) is 7.69. The van der Waals surface area contributed by atoms with Crippen molar-refractivity contribution in [1.82, 2.24) is 20.5 Å². The van der Waals surface area contributed by atoms with Crippen LogP contribution in [0.15, 0.2) is 40.8 Å². The number of aliphatic imine (C=N–C) groups is 1. The smallest absolute Gasteiger partial charge is 0.191 e. The molecule has 0 bridgehead atoms. The van der Waals surface area contributed by atoms with E-state index in [9.17, 15) is 0 Å². The zero-order chi connectivity index (χ0) is 19.8. The quantitative estimate of drug-likeness (QED) is 0.321. The van der Waals surface area contributed by atoms with E-state index in [2.05, 4.69) is 62.1 Å². The zero-order valence-electron chi connectivity index (χ0n) is 17.7. The first-order valence-corrected chi connectivity index (χ1v) is 11.2. The van der Waals surface area contributed by atoms with Gasteiger partial charge in [0.15, 0.2) is 5.96 Å². The summed E-state index contributed by atoms with van der Waals surface area (Å²) in [4.78, 5) is 12.8. The first-order valence-electron chi connectivity index (χ1n) is 10.3. The summed E-state index contributed by atoms with van der Waals surface area (Å²) in [5, 5.41) is 9.17. The lowest BCUT2D eigenvalue weighted by molar-refractivity contribution is 0.140. The van der Waals surface area contributed by atoms with Crippen LogP contribution in [0.5, 0.6) is 0 Å². The van der Waals surface area contributed by atoms with E-state index in [1.54, 1.807) is 0 Å². The van der Waals surface area contributed by atoms with Crippen LogP contribution < -0.4 is 10.6 Å². The molecule has 160 valence electrons. The molecule has 0 amide bonds. The van der Waals surface area contributed by atoms with Crippen molar-refractivity contribution in [3.63, 3.8) is 0 Å². The van der Waals surface area contributed by atoms with Gasteiger partial charge in [-0.1, -0.05) is 19.1 Å². The molecular formula is C22H34IN5S. The van der Waals surface area contributed by atoms with Crippen LogP contribution in [0.1, 0.15) is 41.9 Å². The Morgan fingerprint density at radius 3 is 2.69 bits per heavy atom. The molecule has 0 radical (unpaired) electrons. The number of halogens is 1. The summed E-state index contributed by atoms with van der Waals surface area (Å²) in [5.41, 5.74) is 2.30. The third kappa shape index (κ3) is 7.53. The lowest BCUT2D eigenvalue weighted by atomic mass is 9.97. The summed E-state index contributed by atoms with van der Waals surface area (Å²) in [6.45, 7) is 8.46. The number of nitrogens with zero attached hydrogens (tertiary/aromatic N) is 3. The molecule has 0 spiro atoms. The van der Waals surface area contributed by atoms with Gasteiger partial charge in [-0.05, 0) is 68.3 Å². The van der Waals surface area contributed by atoms with Gasteiger partial charge in [0.1, 0.15) is 0 Å². The Labute approximate surface area is 196 Å². The number of guanidine groups is 1. The van der Waals surface area contributed by atoms with Crippen molar-refractivity contribution in [2.24, 2.45) is 10.9 Å². The van der Waals surface area contributed by atoms with E-state index < -0.39 is 0 Å². The molecule has 2 N–H and O–H groups in total. The van der Waals surface area contributed by atoms with Gasteiger partial charge in [0.05, 0.1) is 6.04 Å². The molecule has 7 heteroatoms. The number of thiophene rings is 1. The van der Waals surface area contributed by atoms with Gasteiger partial charge in [-0.15, -0.1) is 35.3 Å². The zero-order valence-corrected chi connectivity index (χ0v) is 20.9. The Morgan fingerprint density at radius 2 is 2.07 bits per heavy atom. The lowest BCUT2D eigenvalue weighted by Gasteiger charge is -2.36. The van der Waals surface area contributed by atoms with E-state index in [-0.39, 0.29) is 24.0 Å². The third-order valence-electron chi connectivity index (χ3n) is 5.50. The van der Waals surface area contributed by atoms with Gasteiger partial charge in [-0.3, -0.25) is 14.9 Å². The van der Waals surface area contributed by atoms with E-state index in [0.29, 0.717) is 6.04 Å². The molecule has 0 aromatic carbocycles. The highest BCUT2D eigenvalue weighted by Crippen LogP contribution is 2.29. The van der Waals surface area contributed by atoms with Gasteiger partial charge in [-0.25, -0.2) is 0 Å². The first-order chi connectivity index (χ1) is 13.7.